The van der Waals surface area contributed by atoms with E-state index in [1.54, 1.807) is 5.01 Å². The normalized spacial score (nSPS) is 19.6. The predicted molar refractivity (Wildman–Crippen MR) is 73.4 cm³/mol. The summed E-state index contributed by atoms with van der Waals surface area (Å²) in [5.41, 5.74) is 1.90. The van der Waals surface area contributed by atoms with Gasteiger partial charge in [0.25, 0.3) is 5.91 Å². The standard InChI is InChI=1S/C14H17ClN2O/c1-9(2)13-10(3)16-17(14(13)18)8-11-5-4-6-12(15)7-11/h4-7,9,13H,8H2,1-3H3. The lowest BCUT2D eigenvalue weighted by Crippen LogP contribution is -2.30. The fraction of sp³-hybridized carbons (Fsp3) is 0.429. The molecule has 2 rings (SSSR count). The molecule has 0 radical (unpaired) electrons. The molecule has 1 aliphatic heterocycles. The van der Waals surface area contributed by atoms with Gasteiger partial charge in [0.1, 0.15) is 0 Å². The Bertz CT molecular complexity index is 496. The van der Waals surface area contributed by atoms with Crippen molar-refractivity contribution in [3.05, 3.63) is 34.9 Å². The van der Waals surface area contributed by atoms with E-state index in [-0.39, 0.29) is 17.7 Å². The molecule has 1 atom stereocenters. The maximum Gasteiger partial charge on any atom is 0.252 e. The molecule has 0 aromatic heterocycles. The largest absolute Gasteiger partial charge is 0.272 e. The number of hydrogen-bond donors (Lipinski definition) is 0. The van der Waals surface area contributed by atoms with Crippen molar-refractivity contribution in [3.63, 3.8) is 0 Å². The van der Waals surface area contributed by atoms with E-state index in [1.165, 1.54) is 0 Å². The van der Waals surface area contributed by atoms with Gasteiger partial charge in [0.05, 0.1) is 12.5 Å². The molecule has 1 aromatic rings. The van der Waals surface area contributed by atoms with Gasteiger partial charge < -0.3 is 0 Å². The minimum atomic E-state index is -0.0795. The van der Waals surface area contributed by atoms with Crippen LogP contribution in [0, 0.1) is 11.8 Å². The Hall–Kier alpha value is -1.35. The van der Waals surface area contributed by atoms with E-state index < -0.39 is 0 Å². The average Bonchev–Trinajstić information content (AvgIpc) is 2.54. The third-order valence-corrected chi connectivity index (χ3v) is 3.37. The Morgan fingerprint density at radius 2 is 2.17 bits per heavy atom. The van der Waals surface area contributed by atoms with Gasteiger partial charge in [-0.3, -0.25) is 4.79 Å². The zero-order chi connectivity index (χ0) is 13.3. The second kappa shape index (κ2) is 5.11. The monoisotopic (exact) mass is 264 g/mol. The van der Waals surface area contributed by atoms with Gasteiger partial charge in [-0.25, -0.2) is 5.01 Å². The first-order chi connectivity index (χ1) is 8.49. The Morgan fingerprint density at radius 3 is 2.72 bits per heavy atom. The van der Waals surface area contributed by atoms with Crippen molar-refractivity contribution in [2.24, 2.45) is 16.9 Å². The molecule has 0 saturated carbocycles. The summed E-state index contributed by atoms with van der Waals surface area (Å²) in [5.74, 6) is 0.289. The fourth-order valence-electron chi connectivity index (χ4n) is 2.33. The van der Waals surface area contributed by atoms with Crippen LogP contribution >= 0.6 is 11.6 Å². The van der Waals surface area contributed by atoms with Gasteiger partial charge in [0, 0.05) is 10.7 Å². The molecule has 1 aromatic carbocycles. The van der Waals surface area contributed by atoms with Gasteiger partial charge in [-0.15, -0.1) is 0 Å². The summed E-state index contributed by atoms with van der Waals surface area (Å²) in [4.78, 5) is 12.2. The number of hydrogen-bond acceptors (Lipinski definition) is 2. The minimum Gasteiger partial charge on any atom is -0.272 e. The summed E-state index contributed by atoms with van der Waals surface area (Å²) in [6.07, 6.45) is 0. The maximum absolute atomic E-state index is 12.2. The topological polar surface area (TPSA) is 32.7 Å². The second-order valence-corrected chi connectivity index (χ2v) is 5.43. The molecule has 3 nitrogen and oxygen atoms in total. The van der Waals surface area contributed by atoms with Gasteiger partial charge in [-0.2, -0.15) is 5.10 Å². The van der Waals surface area contributed by atoms with Crippen LogP contribution in [-0.4, -0.2) is 16.6 Å². The third-order valence-electron chi connectivity index (χ3n) is 3.14. The highest BCUT2D eigenvalue weighted by molar-refractivity contribution is 6.30. The summed E-state index contributed by atoms with van der Waals surface area (Å²) in [5, 5.41) is 6.58. The molecular formula is C14H17ClN2O. The first-order valence-electron chi connectivity index (χ1n) is 6.10. The molecule has 0 bridgehead atoms. The Morgan fingerprint density at radius 1 is 1.44 bits per heavy atom. The van der Waals surface area contributed by atoms with Crippen LogP contribution in [0.1, 0.15) is 26.3 Å². The molecule has 0 aliphatic carbocycles. The molecule has 1 aliphatic rings. The zero-order valence-electron chi connectivity index (χ0n) is 10.9. The van der Waals surface area contributed by atoms with Crippen molar-refractivity contribution in [1.29, 1.82) is 0 Å². The molecule has 1 amide bonds. The van der Waals surface area contributed by atoms with Gasteiger partial charge in [0.15, 0.2) is 0 Å². The van der Waals surface area contributed by atoms with Gasteiger partial charge in [-0.05, 0) is 30.5 Å². The van der Waals surface area contributed by atoms with Crippen LogP contribution in [0.4, 0.5) is 0 Å². The summed E-state index contributed by atoms with van der Waals surface area (Å²) in [6, 6.07) is 7.52. The number of rotatable bonds is 3. The molecule has 1 unspecified atom stereocenters. The average molecular weight is 265 g/mol. The van der Waals surface area contributed by atoms with E-state index in [2.05, 4.69) is 5.10 Å². The number of hydrazone groups is 1. The summed E-state index contributed by atoms with van der Waals surface area (Å²) in [7, 11) is 0. The molecule has 0 saturated heterocycles. The molecule has 18 heavy (non-hydrogen) atoms. The molecular weight excluding hydrogens is 248 g/mol. The van der Waals surface area contributed by atoms with Crippen molar-refractivity contribution in [2.45, 2.75) is 27.3 Å². The lowest BCUT2D eigenvalue weighted by Gasteiger charge is -2.16. The van der Waals surface area contributed by atoms with Crippen molar-refractivity contribution in [3.8, 4) is 0 Å². The summed E-state index contributed by atoms with van der Waals surface area (Å²) >= 11 is 5.94. The number of amides is 1. The molecule has 4 heteroatoms. The Balaban J connectivity index is 2.15. The van der Waals surface area contributed by atoms with Crippen LogP contribution in [0.2, 0.25) is 5.02 Å². The maximum atomic E-state index is 12.2. The molecule has 0 N–H and O–H groups in total. The number of halogens is 1. The fourth-order valence-corrected chi connectivity index (χ4v) is 2.54. The quantitative estimate of drug-likeness (QED) is 0.824. The number of carbonyl (C=O) groups excluding carboxylic acids is 1. The smallest absolute Gasteiger partial charge is 0.252 e. The van der Waals surface area contributed by atoms with Crippen LogP contribution < -0.4 is 0 Å². The molecule has 0 fully saturated rings. The Kier molecular flexibility index (Phi) is 3.71. The Labute approximate surface area is 112 Å². The van der Waals surface area contributed by atoms with Crippen LogP contribution in [0.5, 0.6) is 0 Å². The first-order valence-corrected chi connectivity index (χ1v) is 6.47. The lowest BCUT2D eigenvalue weighted by atomic mass is 9.92. The van der Waals surface area contributed by atoms with Crippen molar-refractivity contribution < 1.29 is 4.79 Å². The highest BCUT2D eigenvalue weighted by Crippen LogP contribution is 2.25. The summed E-state index contributed by atoms with van der Waals surface area (Å²) < 4.78 is 0. The van der Waals surface area contributed by atoms with Crippen LogP contribution in [-0.2, 0) is 11.3 Å². The van der Waals surface area contributed by atoms with Crippen LogP contribution in [0.3, 0.4) is 0 Å². The van der Waals surface area contributed by atoms with E-state index in [0.717, 1.165) is 11.3 Å². The van der Waals surface area contributed by atoms with E-state index >= 15 is 0 Å². The van der Waals surface area contributed by atoms with Crippen molar-refractivity contribution in [2.75, 3.05) is 0 Å². The zero-order valence-corrected chi connectivity index (χ0v) is 11.6. The van der Waals surface area contributed by atoms with Crippen LogP contribution in [0.25, 0.3) is 0 Å². The molecule has 96 valence electrons. The van der Waals surface area contributed by atoms with E-state index in [1.807, 2.05) is 45.0 Å². The van der Waals surface area contributed by atoms with Crippen molar-refractivity contribution >= 4 is 23.2 Å². The predicted octanol–water partition coefficient (Wildman–Crippen LogP) is 3.33. The van der Waals surface area contributed by atoms with Crippen molar-refractivity contribution in [1.82, 2.24) is 5.01 Å². The van der Waals surface area contributed by atoms with Gasteiger partial charge in [-0.1, -0.05) is 37.6 Å². The minimum absolute atomic E-state index is 0.0795. The number of benzene rings is 1. The number of nitrogens with zero attached hydrogens (tertiary/aromatic N) is 2. The van der Waals surface area contributed by atoms with Crippen LogP contribution in [0.15, 0.2) is 29.4 Å². The van der Waals surface area contributed by atoms with E-state index in [4.69, 9.17) is 11.6 Å². The molecule has 1 heterocycles. The highest BCUT2D eigenvalue weighted by atomic mass is 35.5. The van der Waals surface area contributed by atoms with Gasteiger partial charge >= 0.3 is 0 Å². The first kappa shape index (κ1) is 13.1. The third kappa shape index (κ3) is 2.56. The lowest BCUT2D eigenvalue weighted by molar-refractivity contribution is -0.133. The van der Waals surface area contributed by atoms with E-state index in [0.29, 0.717) is 11.6 Å². The second-order valence-electron chi connectivity index (χ2n) is 4.99. The van der Waals surface area contributed by atoms with E-state index in [9.17, 15) is 4.79 Å². The molecule has 0 spiro atoms. The highest BCUT2D eigenvalue weighted by Gasteiger charge is 2.35. The SMILES string of the molecule is CC1=NN(Cc2cccc(Cl)c2)C(=O)C1C(C)C. The number of carbonyl (C=O) groups is 1. The summed E-state index contributed by atoms with van der Waals surface area (Å²) in [6.45, 7) is 6.50. The van der Waals surface area contributed by atoms with Gasteiger partial charge in [0.2, 0.25) is 0 Å².